The third-order valence-electron chi connectivity index (χ3n) is 5.50. The highest BCUT2D eigenvalue weighted by atomic mass is 16.5. The Labute approximate surface area is 207 Å². The first-order valence-corrected chi connectivity index (χ1v) is 11.5. The third-order valence-corrected chi connectivity index (χ3v) is 5.50. The van der Waals surface area contributed by atoms with Gasteiger partial charge < -0.3 is 25.6 Å². The Balaban J connectivity index is 2.02. The summed E-state index contributed by atoms with van der Waals surface area (Å²) in [7, 11) is 1.58. The van der Waals surface area contributed by atoms with E-state index < -0.39 is 5.97 Å². The molecule has 1 atom stereocenters. The zero-order valence-electron chi connectivity index (χ0n) is 20.2. The molecule has 0 aliphatic carbocycles. The van der Waals surface area contributed by atoms with Crippen LogP contribution in [-0.4, -0.2) is 67.9 Å². The fraction of sp³-hybridized carbons (Fsp3) is 0.435. The van der Waals surface area contributed by atoms with Crippen LogP contribution < -0.4 is 15.8 Å². The number of H-pyrrole nitrogens is 1. The summed E-state index contributed by atoms with van der Waals surface area (Å²) in [4.78, 5) is 30.9. The van der Waals surface area contributed by atoms with Gasteiger partial charge in [-0.1, -0.05) is 30.7 Å². The largest absolute Gasteiger partial charge is 0.496 e. The summed E-state index contributed by atoms with van der Waals surface area (Å²) in [6, 6.07) is 5.39. The summed E-state index contributed by atoms with van der Waals surface area (Å²) in [6.45, 7) is 2.46. The molecule has 36 heavy (non-hydrogen) atoms. The maximum absolute atomic E-state index is 11.4. The monoisotopic (exact) mass is 498 g/mol. The highest BCUT2D eigenvalue weighted by molar-refractivity contribution is 5.68. The molecule has 192 valence electrons. The Kier molecular flexibility index (Phi) is 9.48. The van der Waals surface area contributed by atoms with Crippen molar-refractivity contribution < 1.29 is 24.2 Å². The molecular formula is C23H30N8O5. The van der Waals surface area contributed by atoms with Crippen LogP contribution in [0.3, 0.4) is 0 Å². The topological polar surface area (TPSA) is 191 Å². The number of aromatic nitrogens is 6. The molecule has 5 N–H and O–H groups in total. The summed E-state index contributed by atoms with van der Waals surface area (Å²) < 4.78 is 10.5. The number of rotatable bonds is 15. The number of tetrazole rings is 1. The van der Waals surface area contributed by atoms with Crippen LogP contribution in [0.4, 0.5) is 11.8 Å². The number of benzene rings is 1. The number of methoxy groups -OCH3 is 1. The van der Waals surface area contributed by atoms with Gasteiger partial charge in [0.05, 0.1) is 25.8 Å². The Bertz CT molecular complexity index is 1160. The number of aromatic amines is 1. The van der Waals surface area contributed by atoms with E-state index in [1.54, 1.807) is 7.11 Å². The lowest BCUT2D eigenvalue weighted by atomic mass is 9.98. The van der Waals surface area contributed by atoms with Crippen LogP contribution in [0.15, 0.2) is 18.2 Å². The number of hydrogen-bond donors (Lipinski definition) is 4. The molecule has 0 bridgehead atoms. The van der Waals surface area contributed by atoms with E-state index in [9.17, 15) is 14.7 Å². The first kappa shape index (κ1) is 26.3. The average molecular weight is 499 g/mol. The predicted octanol–water partition coefficient (Wildman–Crippen LogP) is 1.53. The number of nitrogens with zero attached hydrogens (tertiary/aromatic N) is 5. The molecule has 13 nitrogen and oxygen atoms in total. The molecule has 3 rings (SSSR count). The van der Waals surface area contributed by atoms with Gasteiger partial charge in [0.25, 0.3) is 6.47 Å². The number of anilines is 2. The summed E-state index contributed by atoms with van der Waals surface area (Å²) in [5.74, 6) is 0.757. The van der Waals surface area contributed by atoms with Crippen molar-refractivity contribution in [1.29, 1.82) is 0 Å². The Morgan fingerprint density at radius 2 is 2.14 bits per heavy atom. The molecule has 2 heterocycles. The average Bonchev–Trinajstić information content (AvgIpc) is 3.34. The first-order valence-electron chi connectivity index (χ1n) is 11.5. The van der Waals surface area contributed by atoms with Crippen molar-refractivity contribution in [2.24, 2.45) is 0 Å². The molecule has 1 aromatic carbocycles. The maximum Gasteiger partial charge on any atom is 0.305 e. The van der Waals surface area contributed by atoms with Crippen LogP contribution in [-0.2, 0) is 33.6 Å². The van der Waals surface area contributed by atoms with E-state index in [2.05, 4.69) is 35.9 Å². The minimum absolute atomic E-state index is 0.0331. The molecule has 0 aliphatic rings. The molecule has 3 aromatic rings. The van der Waals surface area contributed by atoms with E-state index in [1.807, 2.05) is 25.1 Å². The fourth-order valence-corrected chi connectivity index (χ4v) is 3.95. The summed E-state index contributed by atoms with van der Waals surface area (Å²) >= 11 is 0. The van der Waals surface area contributed by atoms with Gasteiger partial charge in [-0.2, -0.15) is 10.2 Å². The van der Waals surface area contributed by atoms with Crippen molar-refractivity contribution in [1.82, 2.24) is 30.6 Å². The van der Waals surface area contributed by atoms with Crippen molar-refractivity contribution in [3.8, 4) is 5.75 Å². The molecule has 0 saturated heterocycles. The van der Waals surface area contributed by atoms with Crippen LogP contribution in [0.5, 0.6) is 5.75 Å². The fourth-order valence-electron chi connectivity index (χ4n) is 3.95. The van der Waals surface area contributed by atoms with Crippen molar-refractivity contribution in [3.63, 3.8) is 0 Å². The van der Waals surface area contributed by atoms with Gasteiger partial charge >= 0.3 is 5.97 Å². The number of ether oxygens (including phenoxy) is 2. The number of carbonyl (C=O) groups excluding carboxylic acids is 1. The van der Waals surface area contributed by atoms with Crippen LogP contribution in [0.1, 0.15) is 54.4 Å². The van der Waals surface area contributed by atoms with E-state index in [0.717, 1.165) is 17.5 Å². The lowest BCUT2D eigenvalue weighted by Crippen LogP contribution is -2.25. The van der Waals surface area contributed by atoms with Crippen LogP contribution >= 0.6 is 0 Å². The molecular weight excluding hydrogens is 468 g/mol. The SMILES string of the molecule is CCC[C@@H](CC(=O)O)Nc1nc(N)nc(CCOC=O)c1Cc1cc(Cc2nn[nH]n2)ccc1OC. The van der Waals surface area contributed by atoms with Crippen LogP contribution in [0.25, 0.3) is 0 Å². The van der Waals surface area contributed by atoms with E-state index in [1.165, 1.54) is 0 Å². The number of nitrogens with one attached hydrogen (secondary N) is 2. The zero-order chi connectivity index (χ0) is 25.9. The first-order chi connectivity index (χ1) is 17.4. The van der Waals surface area contributed by atoms with Gasteiger partial charge in [0, 0.05) is 30.9 Å². The second-order valence-electron chi connectivity index (χ2n) is 8.13. The second kappa shape index (κ2) is 13.0. The highest BCUT2D eigenvalue weighted by Crippen LogP contribution is 2.29. The normalized spacial score (nSPS) is 11.6. The zero-order valence-corrected chi connectivity index (χ0v) is 20.2. The molecule has 0 radical (unpaired) electrons. The van der Waals surface area contributed by atoms with Crippen molar-refractivity contribution in [2.45, 2.75) is 51.5 Å². The van der Waals surface area contributed by atoms with E-state index >= 15 is 0 Å². The molecule has 0 fully saturated rings. The van der Waals surface area contributed by atoms with Gasteiger partial charge in [0.15, 0.2) is 5.82 Å². The number of nitrogens with two attached hydrogens (primary N) is 1. The Hall–Kier alpha value is -4.29. The number of carboxylic acids is 1. The smallest absolute Gasteiger partial charge is 0.305 e. The van der Waals surface area contributed by atoms with Crippen LogP contribution in [0.2, 0.25) is 0 Å². The molecule has 0 amide bonds. The molecule has 0 saturated carbocycles. The summed E-state index contributed by atoms with van der Waals surface area (Å²) in [5.41, 5.74) is 9.08. The minimum atomic E-state index is -0.917. The third kappa shape index (κ3) is 7.35. The maximum atomic E-state index is 11.4. The van der Waals surface area contributed by atoms with Gasteiger partial charge in [0.2, 0.25) is 5.95 Å². The summed E-state index contributed by atoms with van der Waals surface area (Å²) in [6.07, 6.45) is 2.46. The van der Waals surface area contributed by atoms with E-state index in [4.69, 9.17) is 15.2 Å². The van der Waals surface area contributed by atoms with Gasteiger partial charge in [0.1, 0.15) is 11.6 Å². The predicted molar refractivity (Wildman–Crippen MR) is 130 cm³/mol. The van der Waals surface area contributed by atoms with Gasteiger partial charge in [-0.25, -0.2) is 4.98 Å². The van der Waals surface area contributed by atoms with E-state index in [-0.39, 0.29) is 25.0 Å². The number of carbonyl (C=O) groups is 2. The standard InChI is InChI=1S/C23H30N8O5/c1-3-4-16(12-21(33)34)25-22-17(18(7-8-36-13-32)26-23(24)27-22)11-15-9-14(5-6-19(15)35-2)10-20-28-30-31-29-20/h5-6,9,13,16H,3-4,7-8,10-12H2,1-2H3,(H,33,34)(H3,24,25,26,27)(H,28,29,30,31)/t16-/m0/s1. The van der Waals surface area contributed by atoms with Crippen molar-refractivity contribution >= 4 is 24.2 Å². The molecule has 0 aliphatic heterocycles. The number of carboxylic acid groups (broad SMARTS) is 1. The number of hydrogen-bond acceptors (Lipinski definition) is 11. The number of aliphatic carboxylic acids is 1. The summed E-state index contributed by atoms with van der Waals surface area (Å²) in [5, 5.41) is 26.7. The molecule has 0 spiro atoms. The van der Waals surface area contributed by atoms with Crippen LogP contribution in [0, 0.1) is 0 Å². The van der Waals surface area contributed by atoms with E-state index in [0.29, 0.717) is 60.8 Å². The Morgan fingerprint density at radius 1 is 1.31 bits per heavy atom. The molecule has 0 unspecified atom stereocenters. The van der Waals surface area contributed by atoms with Gasteiger partial charge in [-0.05, 0) is 23.6 Å². The highest BCUT2D eigenvalue weighted by Gasteiger charge is 2.21. The lowest BCUT2D eigenvalue weighted by molar-refractivity contribution is -0.137. The molecule has 2 aromatic heterocycles. The van der Waals surface area contributed by atoms with Crippen molar-refractivity contribution in [2.75, 3.05) is 24.8 Å². The Morgan fingerprint density at radius 3 is 2.81 bits per heavy atom. The number of nitrogen functional groups attached to an aromatic ring is 1. The second-order valence-corrected chi connectivity index (χ2v) is 8.13. The van der Waals surface area contributed by atoms with Gasteiger partial charge in [-0.3, -0.25) is 9.59 Å². The van der Waals surface area contributed by atoms with Gasteiger partial charge in [-0.15, -0.1) is 10.2 Å². The lowest BCUT2D eigenvalue weighted by Gasteiger charge is -2.22. The van der Waals surface area contributed by atoms with Crippen molar-refractivity contribution in [3.05, 3.63) is 46.4 Å². The quantitative estimate of drug-likeness (QED) is 0.175. The minimum Gasteiger partial charge on any atom is -0.496 e. The molecule has 13 heteroatoms.